The van der Waals surface area contributed by atoms with Gasteiger partial charge in [0.05, 0.1) is 6.54 Å². The van der Waals surface area contributed by atoms with Gasteiger partial charge < -0.3 is 15.4 Å². The summed E-state index contributed by atoms with van der Waals surface area (Å²) in [5.74, 6) is 0.394. The molecular weight excluding hydrogens is 331 g/mol. The van der Waals surface area contributed by atoms with Gasteiger partial charge in [-0.3, -0.25) is 4.79 Å². The van der Waals surface area contributed by atoms with Crippen LogP contribution in [0.15, 0.2) is 48.5 Å². The maximum Gasteiger partial charge on any atom is 0.258 e. The SMILES string of the molecule is CC(C)(C)NC(=O)COc1ccc(C[NH2+]CCc2ccccc2F)cc1. The first-order valence-electron chi connectivity index (χ1n) is 8.91. The van der Waals surface area contributed by atoms with Crippen LogP contribution in [-0.2, 0) is 17.8 Å². The highest BCUT2D eigenvalue weighted by molar-refractivity contribution is 5.78. The van der Waals surface area contributed by atoms with Gasteiger partial charge in [0.25, 0.3) is 5.91 Å². The van der Waals surface area contributed by atoms with Gasteiger partial charge in [-0.15, -0.1) is 0 Å². The standard InChI is InChI=1S/C21H27FN2O2/c1-21(2,3)24-20(25)15-26-18-10-8-16(9-11-18)14-23-13-12-17-6-4-5-7-19(17)22/h4-11,23H,12-15H2,1-3H3,(H,24,25)/p+1. The van der Waals surface area contributed by atoms with E-state index in [4.69, 9.17) is 4.74 Å². The van der Waals surface area contributed by atoms with Crippen LogP contribution in [-0.4, -0.2) is 24.6 Å². The fraction of sp³-hybridized carbons (Fsp3) is 0.381. The highest BCUT2D eigenvalue weighted by Gasteiger charge is 2.13. The molecule has 2 rings (SSSR count). The van der Waals surface area contributed by atoms with Crippen LogP contribution in [0, 0.1) is 5.82 Å². The van der Waals surface area contributed by atoms with Gasteiger partial charge in [0.15, 0.2) is 6.61 Å². The zero-order chi connectivity index (χ0) is 19.0. The first-order valence-corrected chi connectivity index (χ1v) is 8.91. The molecule has 0 fully saturated rings. The van der Waals surface area contributed by atoms with Gasteiger partial charge in [0.1, 0.15) is 18.1 Å². The average Bonchev–Trinajstić information content (AvgIpc) is 2.58. The molecule has 0 aliphatic heterocycles. The smallest absolute Gasteiger partial charge is 0.258 e. The zero-order valence-corrected chi connectivity index (χ0v) is 15.7. The van der Waals surface area contributed by atoms with Crippen molar-refractivity contribution < 1.29 is 19.2 Å². The Morgan fingerprint density at radius 1 is 1.12 bits per heavy atom. The average molecular weight is 359 g/mol. The third-order valence-corrected chi connectivity index (χ3v) is 3.76. The number of nitrogens with one attached hydrogen (secondary N) is 1. The molecule has 0 saturated carbocycles. The van der Waals surface area contributed by atoms with Crippen LogP contribution < -0.4 is 15.4 Å². The summed E-state index contributed by atoms with van der Waals surface area (Å²) in [6.45, 7) is 7.45. The van der Waals surface area contributed by atoms with Gasteiger partial charge >= 0.3 is 0 Å². The molecule has 0 radical (unpaired) electrons. The quantitative estimate of drug-likeness (QED) is 0.711. The van der Waals surface area contributed by atoms with Gasteiger partial charge in [0, 0.05) is 17.5 Å². The van der Waals surface area contributed by atoms with Crippen molar-refractivity contribution in [1.82, 2.24) is 5.32 Å². The topological polar surface area (TPSA) is 54.9 Å². The number of halogens is 1. The van der Waals surface area contributed by atoms with Crippen molar-refractivity contribution >= 4 is 5.91 Å². The predicted molar refractivity (Wildman–Crippen MR) is 100 cm³/mol. The molecule has 0 aliphatic carbocycles. The van der Waals surface area contributed by atoms with E-state index >= 15 is 0 Å². The van der Waals surface area contributed by atoms with Crippen LogP contribution in [0.4, 0.5) is 4.39 Å². The van der Waals surface area contributed by atoms with Crippen LogP contribution in [0.25, 0.3) is 0 Å². The summed E-state index contributed by atoms with van der Waals surface area (Å²) in [4.78, 5) is 11.7. The summed E-state index contributed by atoms with van der Waals surface area (Å²) in [6, 6.07) is 14.6. The molecule has 1 amide bonds. The van der Waals surface area contributed by atoms with E-state index in [2.05, 4.69) is 10.6 Å². The largest absolute Gasteiger partial charge is 0.484 e. The molecule has 0 unspecified atom stereocenters. The molecule has 0 bridgehead atoms. The van der Waals surface area contributed by atoms with Gasteiger partial charge in [-0.05, 0) is 56.7 Å². The lowest BCUT2D eigenvalue weighted by molar-refractivity contribution is -0.670. The van der Waals surface area contributed by atoms with E-state index < -0.39 is 0 Å². The van der Waals surface area contributed by atoms with E-state index in [1.807, 2.05) is 57.2 Å². The van der Waals surface area contributed by atoms with E-state index in [-0.39, 0.29) is 23.9 Å². The highest BCUT2D eigenvalue weighted by Crippen LogP contribution is 2.11. The Kier molecular flexibility index (Phi) is 7.16. The Hall–Kier alpha value is -2.40. The summed E-state index contributed by atoms with van der Waals surface area (Å²) in [6.07, 6.45) is 0.705. The maximum atomic E-state index is 13.5. The molecule has 2 aromatic rings. The minimum Gasteiger partial charge on any atom is -0.484 e. The van der Waals surface area contributed by atoms with Crippen molar-refractivity contribution in [2.45, 2.75) is 39.3 Å². The highest BCUT2D eigenvalue weighted by atomic mass is 19.1. The van der Waals surface area contributed by atoms with Crippen LogP contribution in [0.5, 0.6) is 5.75 Å². The Balaban J connectivity index is 1.70. The number of benzene rings is 2. The van der Waals surface area contributed by atoms with E-state index in [1.165, 1.54) is 6.07 Å². The summed E-state index contributed by atoms with van der Waals surface area (Å²) in [5, 5.41) is 5.01. The van der Waals surface area contributed by atoms with E-state index in [0.717, 1.165) is 24.2 Å². The molecule has 3 N–H and O–H groups in total. The normalized spacial score (nSPS) is 11.2. The van der Waals surface area contributed by atoms with Crippen molar-refractivity contribution in [2.75, 3.05) is 13.2 Å². The second-order valence-electron chi connectivity index (χ2n) is 7.35. The molecule has 2 aromatic carbocycles. The molecule has 4 nitrogen and oxygen atoms in total. The summed E-state index contributed by atoms with van der Waals surface area (Å²) in [5.41, 5.74) is 1.65. The number of carbonyl (C=O) groups excluding carboxylic acids is 1. The minimum atomic E-state index is -0.261. The van der Waals surface area contributed by atoms with E-state index in [9.17, 15) is 9.18 Å². The van der Waals surface area contributed by atoms with E-state index in [1.54, 1.807) is 6.07 Å². The third-order valence-electron chi connectivity index (χ3n) is 3.76. The number of hydrogen-bond donors (Lipinski definition) is 2. The number of ether oxygens (including phenoxy) is 1. The molecule has 0 heterocycles. The summed E-state index contributed by atoms with van der Waals surface area (Å²) >= 11 is 0. The molecule has 0 atom stereocenters. The van der Waals surface area contributed by atoms with Crippen LogP contribution in [0.2, 0.25) is 0 Å². The van der Waals surface area contributed by atoms with Crippen LogP contribution in [0.3, 0.4) is 0 Å². The van der Waals surface area contributed by atoms with Gasteiger partial charge in [-0.2, -0.15) is 0 Å². The fourth-order valence-electron chi connectivity index (χ4n) is 2.55. The summed E-state index contributed by atoms with van der Waals surface area (Å²) < 4.78 is 19.0. The molecule has 0 aromatic heterocycles. The molecule has 0 aliphatic rings. The molecule has 0 spiro atoms. The Labute approximate surface area is 154 Å². The molecule has 5 heteroatoms. The lowest BCUT2D eigenvalue weighted by atomic mass is 10.1. The zero-order valence-electron chi connectivity index (χ0n) is 15.7. The van der Waals surface area contributed by atoms with Crippen molar-refractivity contribution in [3.63, 3.8) is 0 Å². The number of nitrogens with two attached hydrogens (primary N) is 1. The van der Waals surface area contributed by atoms with Crippen molar-refractivity contribution in [3.05, 3.63) is 65.5 Å². The lowest BCUT2D eigenvalue weighted by Gasteiger charge is -2.20. The van der Waals surface area contributed by atoms with Crippen molar-refractivity contribution in [2.24, 2.45) is 0 Å². The van der Waals surface area contributed by atoms with Crippen LogP contribution >= 0.6 is 0 Å². The lowest BCUT2D eigenvalue weighted by Crippen LogP contribution is -2.83. The summed E-state index contributed by atoms with van der Waals surface area (Å²) in [7, 11) is 0. The monoisotopic (exact) mass is 359 g/mol. The third kappa shape index (κ3) is 7.23. The van der Waals surface area contributed by atoms with Crippen molar-refractivity contribution in [1.29, 1.82) is 0 Å². The Morgan fingerprint density at radius 3 is 2.46 bits per heavy atom. The number of hydrogen-bond acceptors (Lipinski definition) is 2. The number of quaternary nitrogens is 1. The van der Waals surface area contributed by atoms with Gasteiger partial charge in [0.2, 0.25) is 0 Å². The number of rotatable bonds is 8. The fourth-order valence-corrected chi connectivity index (χ4v) is 2.55. The predicted octanol–water partition coefficient (Wildman–Crippen LogP) is 2.43. The van der Waals surface area contributed by atoms with E-state index in [0.29, 0.717) is 12.2 Å². The second-order valence-corrected chi connectivity index (χ2v) is 7.35. The van der Waals surface area contributed by atoms with Gasteiger partial charge in [-0.25, -0.2) is 4.39 Å². The molecule has 140 valence electrons. The molecular formula is C21H28FN2O2+. The second kappa shape index (κ2) is 9.34. The first kappa shape index (κ1) is 19.9. The molecule has 0 saturated heterocycles. The minimum absolute atomic E-state index is 0.00534. The maximum absolute atomic E-state index is 13.5. The number of carbonyl (C=O) groups is 1. The molecule has 26 heavy (non-hydrogen) atoms. The Morgan fingerprint density at radius 2 is 1.81 bits per heavy atom. The Bertz CT molecular complexity index is 709. The van der Waals surface area contributed by atoms with Gasteiger partial charge in [-0.1, -0.05) is 18.2 Å². The first-order chi connectivity index (χ1) is 12.3. The number of amides is 1. The van der Waals surface area contributed by atoms with Crippen LogP contribution in [0.1, 0.15) is 31.9 Å². The van der Waals surface area contributed by atoms with Crippen molar-refractivity contribution in [3.8, 4) is 5.75 Å².